The van der Waals surface area contributed by atoms with Crippen LogP contribution in [-0.4, -0.2) is 128 Å². The molecule has 0 spiro atoms. The van der Waals surface area contributed by atoms with Crippen molar-refractivity contribution in [1.29, 1.82) is 0 Å². The molecule has 10 aromatic rings. The third-order valence-electron chi connectivity index (χ3n) is 18.9. The van der Waals surface area contributed by atoms with E-state index in [1.54, 1.807) is 29.9 Å². The molecule has 6 aromatic heterocycles. The van der Waals surface area contributed by atoms with Crippen molar-refractivity contribution in [2.24, 2.45) is 0 Å². The van der Waals surface area contributed by atoms with E-state index in [0.29, 0.717) is 14.6 Å². The number of ether oxygens (including phenoxy) is 3. The molecular weight excluding hydrogens is 1490 g/mol. The molecule has 2 aliphatic heterocycles. The summed E-state index contributed by atoms with van der Waals surface area (Å²) in [7, 11) is 9.64. The van der Waals surface area contributed by atoms with E-state index in [0.717, 1.165) is 183 Å². The maximum absolute atomic E-state index is 12.5. The zero-order valence-corrected chi connectivity index (χ0v) is 71.8. The topological polar surface area (TPSA) is 199 Å². The van der Waals surface area contributed by atoms with E-state index in [1.807, 2.05) is 121 Å². The van der Waals surface area contributed by atoms with Crippen molar-refractivity contribution in [3.8, 4) is 88.2 Å². The number of thiophene rings is 4. The number of aromatic nitrogens is 2. The smallest absolute Gasteiger partial charge is 0.870 e. The number of esters is 3. The Labute approximate surface area is 705 Å². The van der Waals surface area contributed by atoms with Crippen LogP contribution in [0.15, 0.2) is 194 Å². The van der Waals surface area contributed by atoms with E-state index in [9.17, 15) is 24.3 Å². The first-order valence-corrected chi connectivity index (χ1v) is 42.2. The maximum Gasteiger partial charge on any atom is 1.00 e. The van der Waals surface area contributed by atoms with Gasteiger partial charge >= 0.3 is 42.7 Å². The predicted molar refractivity (Wildman–Crippen MR) is 472 cm³/mol. The third-order valence-corrected chi connectivity index (χ3v) is 23.6. The Morgan fingerprint density at radius 3 is 1.18 bits per heavy atom. The van der Waals surface area contributed by atoms with Gasteiger partial charge in [0, 0.05) is 118 Å². The van der Waals surface area contributed by atoms with E-state index >= 15 is 0 Å². The van der Waals surface area contributed by atoms with Gasteiger partial charge in [-0.05, 0) is 159 Å². The van der Waals surface area contributed by atoms with Crippen molar-refractivity contribution in [3.05, 3.63) is 235 Å². The molecule has 0 atom stereocenters. The average molecular weight is 1600 g/mol. The van der Waals surface area contributed by atoms with E-state index in [-0.39, 0.29) is 42.2 Å². The Hall–Kier alpha value is -9.10. The maximum atomic E-state index is 12.5. The Balaban J connectivity index is 0.000000262. The van der Waals surface area contributed by atoms with Gasteiger partial charge in [0.05, 0.1) is 26.9 Å². The van der Waals surface area contributed by atoms with Gasteiger partial charge in [-0.15, -0.1) is 57.7 Å². The van der Waals surface area contributed by atoms with Gasteiger partial charge in [-0.1, -0.05) is 217 Å². The molecule has 2 aliphatic rings. The Kier molecular flexibility index (Phi) is 43.9. The predicted octanol–water partition coefficient (Wildman–Crippen LogP) is 20.9. The van der Waals surface area contributed by atoms with Gasteiger partial charge in [-0.25, -0.2) is 19.2 Å². The molecule has 0 fully saturated rings. The van der Waals surface area contributed by atoms with Gasteiger partial charge in [0.25, 0.3) is 0 Å². The minimum atomic E-state index is -0.813. The van der Waals surface area contributed by atoms with Crippen molar-refractivity contribution in [2.75, 3.05) is 68.7 Å². The number of nitrogens with zero attached hydrogens (tertiary/aromatic N) is 4. The van der Waals surface area contributed by atoms with Crippen molar-refractivity contribution in [2.45, 2.75) is 150 Å². The number of carboxylic acids is 1. The molecule has 0 unspecified atom stereocenters. The molecule has 8 heterocycles. The number of rotatable bonds is 26. The average Bonchev–Trinajstić information content (AvgIpc) is 1.66. The summed E-state index contributed by atoms with van der Waals surface area (Å²) in [6, 6.07) is 52.9. The monoisotopic (exact) mass is 1600 g/mol. The minimum absolute atomic E-state index is 0. The molecule has 4 aromatic carbocycles. The van der Waals surface area contributed by atoms with Crippen LogP contribution in [0.3, 0.4) is 0 Å². The normalized spacial score (nSPS) is 12.2. The number of pyridine rings is 2. The van der Waals surface area contributed by atoms with Crippen LogP contribution in [0.4, 0.5) is 0 Å². The van der Waals surface area contributed by atoms with Gasteiger partial charge < -0.3 is 39.7 Å². The van der Waals surface area contributed by atoms with Gasteiger partial charge in [-0.3, -0.25) is 9.97 Å². The molecule has 0 aliphatic carbocycles. The number of unbranched alkanes of at least 4 members (excludes halogenated alkanes) is 8. The number of carboxylic acid groups (broad SMARTS) is 1. The second-order valence-corrected chi connectivity index (χ2v) is 31.3. The molecule has 14 nitrogen and oxygen atoms in total. The van der Waals surface area contributed by atoms with E-state index in [1.165, 1.54) is 135 Å². The van der Waals surface area contributed by atoms with Crippen molar-refractivity contribution < 1.29 is 67.9 Å². The first kappa shape index (κ1) is 95.5. The van der Waals surface area contributed by atoms with Crippen molar-refractivity contribution in [1.82, 2.24) is 19.8 Å². The summed E-state index contributed by atoms with van der Waals surface area (Å²) in [5.74, 6) is 7.20. The molecule has 114 heavy (non-hydrogen) atoms. The Bertz CT molecular complexity index is 4760. The largest absolute Gasteiger partial charge is 1.00 e. The first-order valence-electron chi connectivity index (χ1n) is 38.9. The molecule has 0 amide bonds. The summed E-state index contributed by atoms with van der Waals surface area (Å²) in [5.41, 5.74) is 17.8. The van der Waals surface area contributed by atoms with Crippen molar-refractivity contribution >= 4 is 80.4 Å². The number of hydrogen-bond donors (Lipinski definition) is 2. The van der Waals surface area contributed by atoms with Crippen LogP contribution in [0.1, 0.15) is 205 Å². The molecule has 0 radical (unpaired) electrons. The second kappa shape index (κ2) is 52.4. The number of carbonyl (C=O) groups is 4. The summed E-state index contributed by atoms with van der Waals surface area (Å²) >= 11 is 5.86. The standard InChI is InChI=1S/C23H29NO2S.C22H23NO2S.C22H19NO2S.C22H27NO2S.C5H8.CH4O.Li.H2O/c1-4-5-7-12-18-16-24(2)14-13-19(18)20-15-21(17-10-8-6-9-11-17)27-22(20)23(25)26-3;2*1-3-4-6-11-17-15-23-13-12-18(17)19-14-20(16-9-7-5-8-10-16)26-21(19)22(24)25-2;1-3-4-6-11-17-15-23(2)13-12-18(17)19-14-20(26-21(19)22(24)25)16-9-7-5-8-10-16;1-3-5-4-2;1-2;;/h6,8-11,15H,4-5,7,12-14,16H2,1-3H3;5,7-10,12-15H,3-4,6,11H2,1-2H3;5,7-10,12-15H,3-4H2,1-2H3;5,7-10,14H,3-4,6,11-13,15H2,1-2H3,(H,24,25);1H,4-5H2,2H3;2H,1H3;;1H2/q;;;;;;+1;/p-1. The number of aliphatic hydroxyl groups excluding tert-OH is 1. The fourth-order valence-electron chi connectivity index (χ4n) is 13.1. The summed E-state index contributed by atoms with van der Waals surface area (Å²) in [6.07, 6.45) is 31.8. The number of likely N-dealkylation sites (N-methyl/N-ethyl adjacent to an activating group) is 2. The minimum Gasteiger partial charge on any atom is -0.870 e. The van der Waals surface area contributed by atoms with Gasteiger partial charge in [0.2, 0.25) is 0 Å². The number of aliphatic hydroxyl groups is 1. The van der Waals surface area contributed by atoms with Gasteiger partial charge in [-0.2, -0.15) is 0 Å². The van der Waals surface area contributed by atoms with Gasteiger partial charge in [0.15, 0.2) is 0 Å². The van der Waals surface area contributed by atoms with Crippen LogP contribution in [0.25, 0.3) is 75.2 Å². The molecule has 12 rings (SSSR count). The van der Waals surface area contributed by atoms with Gasteiger partial charge in [0.1, 0.15) is 19.5 Å². The quantitative estimate of drug-likeness (QED) is 0.0171. The molecule has 0 bridgehead atoms. The Morgan fingerprint density at radius 2 is 0.807 bits per heavy atom. The van der Waals surface area contributed by atoms with Crippen LogP contribution in [0, 0.1) is 24.2 Å². The fraction of sp³-hybridized carbons (Fsp3) is 0.347. The van der Waals surface area contributed by atoms with Crippen molar-refractivity contribution in [3.63, 3.8) is 0 Å². The van der Waals surface area contributed by atoms with E-state index in [2.05, 4.69) is 129 Å². The number of benzene rings is 4. The summed E-state index contributed by atoms with van der Waals surface area (Å²) in [6.45, 7) is 14.8. The molecule has 3 N–H and O–H groups in total. The van der Waals surface area contributed by atoms with Crippen LogP contribution >= 0.6 is 45.3 Å². The number of carbonyl (C=O) groups excluding carboxylic acids is 3. The number of aromatic carboxylic acids is 1. The number of hydrogen-bond acceptors (Lipinski definition) is 17. The number of aryl methyl sites for hydroxylation is 1. The SMILES string of the molecule is C#CCCC.CCCC#Cc1cnccc1-c1cc(-c2ccccc2)sc1C(=O)OC.CCCCCC1=C(c2cc(-c3ccccc3)sc2C(=O)O)CCN(C)C1.CCCCCC1=C(c2cc(-c3ccccc3)sc2C(=O)OC)CCN(C)C1.CCCCCc1cnccc1-c1cc(-c2ccccc2)sc1C(=O)OC.CO.[Li+].[OH-]. The van der Waals surface area contributed by atoms with Crippen LogP contribution in [0.2, 0.25) is 0 Å². The zero-order valence-electron chi connectivity index (χ0n) is 68.6. The molecule has 0 saturated carbocycles. The molecule has 19 heteroatoms. The van der Waals surface area contributed by atoms with Crippen LogP contribution in [-0.2, 0) is 20.6 Å². The Morgan fingerprint density at radius 1 is 0.456 bits per heavy atom. The molecule has 0 saturated heterocycles. The van der Waals surface area contributed by atoms with E-state index < -0.39 is 5.97 Å². The zero-order chi connectivity index (χ0) is 80.6. The summed E-state index contributed by atoms with van der Waals surface area (Å²) in [4.78, 5) is 69.1. The van der Waals surface area contributed by atoms with Crippen LogP contribution in [0.5, 0.6) is 0 Å². The number of terminal acetylenes is 1. The second-order valence-electron chi connectivity index (χ2n) is 27.1. The first-order chi connectivity index (χ1) is 54.6. The summed E-state index contributed by atoms with van der Waals surface area (Å²) < 4.78 is 15.2. The van der Waals surface area contributed by atoms with Crippen LogP contribution < -0.4 is 18.9 Å². The third kappa shape index (κ3) is 28.1. The molecular formula is C95H111LiN4O10S4. The fourth-order valence-corrected chi connectivity index (χ4v) is 17.5. The summed E-state index contributed by atoms with van der Waals surface area (Å²) in [5, 5.41) is 16.8. The van der Waals surface area contributed by atoms with E-state index in [4.69, 9.17) is 25.7 Å². The number of methoxy groups -OCH3 is 3. The molecule has 596 valence electrons.